The predicted molar refractivity (Wildman–Crippen MR) is 125 cm³/mol. The van der Waals surface area contributed by atoms with Crippen molar-refractivity contribution in [3.05, 3.63) is 48.5 Å². The molecule has 1 fully saturated rings. The molecule has 154 valence electrons. The molecular weight excluding hydrogens is 465 g/mol. The minimum atomic E-state index is 0. The van der Waals surface area contributed by atoms with E-state index in [1.165, 1.54) is 5.56 Å². The van der Waals surface area contributed by atoms with Gasteiger partial charge in [-0.15, -0.1) is 24.0 Å². The molecule has 6 nitrogen and oxygen atoms in total. The molecule has 0 bridgehead atoms. The van der Waals surface area contributed by atoms with Crippen molar-refractivity contribution >= 4 is 29.9 Å². The summed E-state index contributed by atoms with van der Waals surface area (Å²) in [6.07, 6.45) is 7.93. The molecule has 0 amide bonds. The molecule has 3 rings (SSSR count). The number of nitrogens with zero attached hydrogens (tertiary/aromatic N) is 4. The molecular formula is C21H32IN5O. The maximum absolute atomic E-state index is 5.59. The van der Waals surface area contributed by atoms with E-state index >= 15 is 0 Å². The monoisotopic (exact) mass is 497 g/mol. The number of guanidine groups is 1. The second kappa shape index (κ2) is 11.3. The van der Waals surface area contributed by atoms with E-state index in [2.05, 4.69) is 56.1 Å². The fraction of sp³-hybridized carbons (Fsp3) is 0.524. The van der Waals surface area contributed by atoms with Gasteiger partial charge in [-0.3, -0.25) is 4.99 Å². The Hall–Kier alpha value is -1.77. The quantitative estimate of drug-likeness (QED) is 0.377. The lowest BCUT2D eigenvalue weighted by Gasteiger charge is -2.39. The lowest BCUT2D eigenvalue weighted by Crippen LogP contribution is -2.49. The van der Waals surface area contributed by atoms with Crippen LogP contribution in [0.25, 0.3) is 0 Å². The minimum Gasteiger partial charge on any atom is -0.494 e. The normalized spacial score (nSPS) is 19.8. The van der Waals surface area contributed by atoms with Crippen molar-refractivity contribution in [2.45, 2.75) is 32.7 Å². The third-order valence-electron chi connectivity index (χ3n) is 5.24. The van der Waals surface area contributed by atoms with Crippen LogP contribution in [0.5, 0.6) is 5.75 Å². The van der Waals surface area contributed by atoms with E-state index in [0.717, 1.165) is 44.2 Å². The van der Waals surface area contributed by atoms with Crippen LogP contribution in [0, 0.1) is 5.92 Å². The Kier molecular flexibility index (Phi) is 9.08. The molecule has 0 spiro atoms. The van der Waals surface area contributed by atoms with Crippen molar-refractivity contribution in [1.82, 2.24) is 19.8 Å². The van der Waals surface area contributed by atoms with Crippen LogP contribution in [0.2, 0.25) is 0 Å². The molecule has 28 heavy (non-hydrogen) atoms. The summed E-state index contributed by atoms with van der Waals surface area (Å²) in [7, 11) is 1.86. The number of benzene rings is 1. The Morgan fingerprint density at radius 1 is 1.39 bits per heavy atom. The lowest BCUT2D eigenvalue weighted by atomic mass is 9.93. The Morgan fingerprint density at radius 2 is 2.25 bits per heavy atom. The number of hydrogen-bond donors (Lipinski definition) is 1. The molecule has 1 aromatic heterocycles. The molecule has 0 aliphatic carbocycles. The summed E-state index contributed by atoms with van der Waals surface area (Å²) in [6, 6.07) is 8.75. The second-order valence-electron chi connectivity index (χ2n) is 7.09. The van der Waals surface area contributed by atoms with Gasteiger partial charge in [0.15, 0.2) is 5.96 Å². The zero-order chi connectivity index (χ0) is 19.1. The number of ether oxygens (including phenoxy) is 1. The van der Waals surface area contributed by atoms with Crippen molar-refractivity contribution in [2.75, 3.05) is 33.3 Å². The average Bonchev–Trinajstić information content (AvgIpc) is 3.21. The molecule has 1 aliphatic heterocycles. The molecule has 1 aromatic carbocycles. The zero-order valence-electron chi connectivity index (χ0n) is 17.0. The summed E-state index contributed by atoms with van der Waals surface area (Å²) >= 11 is 0. The highest BCUT2D eigenvalue weighted by Crippen LogP contribution is 2.27. The summed E-state index contributed by atoms with van der Waals surface area (Å²) in [5.74, 6) is 2.55. The van der Waals surface area contributed by atoms with Crippen molar-refractivity contribution in [3.8, 4) is 5.75 Å². The fourth-order valence-corrected chi connectivity index (χ4v) is 3.70. The number of hydrogen-bond acceptors (Lipinski definition) is 3. The number of likely N-dealkylation sites (tertiary alicyclic amines) is 1. The van der Waals surface area contributed by atoms with E-state index < -0.39 is 0 Å². The van der Waals surface area contributed by atoms with Gasteiger partial charge < -0.3 is 19.5 Å². The van der Waals surface area contributed by atoms with Gasteiger partial charge in [-0.1, -0.05) is 19.1 Å². The fourth-order valence-electron chi connectivity index (χ4n) is 3.70. The number of piperidine rings is 1. The van der Waals surface area contributed by atoms with Gasteiger partial charge in [-0.25, -0.2) is 4.98 Å². The first-order chi connectivity index (χ1) is 13.2. The van der Waals surface area contributed by atoms with Crippen molar-refractivity contribution in [1.29, 1.82) is 0 Å². The Morgan fingerprint density at radius 3 is 2.96 bits per heavy atom. The molecule has 7 heteroatoms. The standard InChI is InChI=1S/C21H31N5O.HI/c1-4-27-19-7-5-6-18(14-19)8-10-24-21(22-3)25-12-9-17(2)20(15-25)26-13-11-23-16-26;/h5-7,11,13-14,16-17,20H,4,8-10,12,15H2,1-3H3,(H,22,24);1H. The molecule has 2 aromatic rings. The Labute approximate surface area is 185 Å². The lowest BCUT2D eigenvalue weighted by molar-refractivity contribution is 0.189. The largest absolute Gasteiger partial charge is 0.494 e. The Bertz CT molecular complexity index is 734. The van der Waals surface area contributed by atoms with Crippen LogP contribution in [-0.2, 0) is 6.42 Å². The van der Waals surface area contributed by atoms with Gasteiger partial charge >= 0.3 is 0 Å². The van der Waals surface area contributed by atoms with Crippen LogP contribution in [-0.4, -0.2) is 53.7 Å². The third-order valence-corrected chi connectivity index (χ3v) is 5.24. The minimum absolute atomic E-state index is 0. The summed E-state index contributed by atoms with van der Waals surface area (Å²) in [5, 5.41) is 3.53. The van der Waals surface area contributed by atoms with E-state index in [0.29, 0.717) is 18.6 Å². The van der Waals surface area contributed by atoms with Gasteiger partial charge in [0.25, 0.3) is 0 Å². The van der Waals surface area contributed by atoms with E-state index in [1.54, 1.807) is 0 Å². The second-order valence-corrected chi connectivity index (χ2v) is 7.09. The summed E-state index contributed by atoms with van der Waals surface area (Å²) < 4.78 is 7.81. The highest BCUT2D eigenvalue weighted by Gasteiger charge is 2.28. The smallest absolute Gasteiger partial charge is 0.193 e. The highest BCUT2D eigenvalue weighted by molar-refractivity contribution is 14.0. The first-order valence-electron chi connectivity index (χ1n) is 9.86. The van der Waals surface area contributed by atoms with Gasteiger partial charge in [0.1, 0.15) is 5.75 Å². The molecule has 2 heterocycles. The number of imidazole rings is 1. The number of aromatic nitrogens is 2. The highest BCUT2D eigenvalue weighted by atomic mass is 127. The van der Waals surface area contributed by atoms with Crippen LogP contribution >= 0.6 is 24.0 Å². The number of rotatable bonds is 6. The molecule has 2 unspecified atom stereocenters. The summed E-state index contributed by atoms with van der Waals surface area (Å²) in [5.41, 5.74) is 1.27. The maximum Gasteiger partial charge on any atom is 0.193 e. The van der Waals surface area contributed by atoms with Crippen LogP contribution in [0.1, 0.15) is 31.9 Å². The molecule has 0 radical (unpaired) electrons. The third kappa shape index (κ3) is 5.86. The number of nitrogens with one attached hydrogen (secondary N) is 1. The Balaban J connectivity index is 0.00000280. The van der Waals surface area contributed by atoms with Gasteiger partial charge in [0.05, 0.1) is 19.0 Å². The van der Waals surface area contributed by atoms with Gasteiger partial charge in [0, 0.05) is 39.1 Å². The van der Waals surface area contributed by atoms with Crippen LogP contribution in [0.3, 0.4) is 0 Å². The van der Waals surface area contributed by atoms with Crippen molar-refractivity contribution in [3.63, 3.8) is 0 Å². The van der Waals surface area contributed by atoms with Crippen molar-refractivity contribution < 1.29 is 4.74 Å². The van der Waals surface area contributed by atoms with Crippen LogP contribution < -0.4 is 10.1 Å². The van der Waals surface area contributed by atoms with Gasteiger partial charge in [-0.2, -0.15) is 0 Å². The molecule has 1 saturated heterocycles. The van der Waals surface area contributed by atoms with E-state index in [4.69, 9.17) is 4.74 Å². The van der Waals surface area contributed by atoms with E-state index in [-0.39, 0.29) is 24.0 Å². The van der Waals surface area contributed by atoms with Crippen LogP contribution in [0.4, 0.5) is 0 Å². The van der Waals surface area contributed by atoms with Crippen molar-refractivity contribution in [2.24, 2.45) is 10.9 Å². The zero-order valence-corrected chi connectivity index (χ0v) is 19.4. The number of halogens is 1. The summed E-state index contributed by atoms with van der Waals surface area (Å²) in [4.78, 5) is 11.1. The first-order valence-corrected chi connectivity index (χ1v) is 9.86. The molecule has 1 aliphatic rings. The average molecular weight is 497 g/mol. The molecule has 2 atom stereocenters. The van der Waals surface area contributed by atoms with Gasteiger partial charge in [-0.05, 0) is 43.4 Å². The van der Waals surface area contributed by atoms with E-state index in [1.807, 2.05) is 32.6 Å². The molecule has 0 saturated carbocycles. The summed E-state index contributed by atoms with van der Waals surface area (Å²) in [6.45, 7) is 7.87. The van der Waals surface area contributed by atoms with Crippen LogP contribution in [0.15, 0.2) is 48.0 Å². The topological polar surface area (TPSA) is 54.7 Å². The first kappa shape index (κ1) is 22.5. The predicted octanol–water partition coefficient (Wildman–Crippen LogP) is 3.60. The molecule has 1 N–H and O–H groups in total. The maximum atomic E-state index is 5.59. The number of aliphatic imine (C=N–C) groups is 1. The van der Waals surface area contributed by atoms with E-state index in [9.17, 15) is 0 Å². The SMILES string of the molecule is CCOc1cccc(CCNC(=NC)N2CCC(C)C(n3ccnc3)C2)c1.I. The van der Waals surface area contributed by atoms with Gasteiger partial charge in [0.2, 0.25) is 0 Å².